The summed E-state index contributed by atoms with van der Waals surface area (Å²) >= 11 is 6.01. The maximum Gasteiger partial charge on any atom is 0.243 e. The standard InChI is InChI=1S/C17H23ClN4O3S/c1-13-11-15(3-4-16(13)18)26(23,24)21-8-5-14(6-9-21)22-12-19-20-17(22)7-10-25-2/h3-4,11-12,14H,5-10H2,1-2H3. The zero-order valence-corrected chi connectivity index (χ0v) is 16.5. The van der Waals surface area contributed by atoms with Crippen molar-refractivity contribution in [3.05, 3.63) is 40.9 Å². The third-order valence-electron chi connectivity index (χ3n) is 4.76. The summed E-state index contributed by atoms with van der Waals surface area (Å²) in [5.74, 6) is 0.876. The molecule has 0 bridgehead atoms. The normalized spacial score (nSPS) is 16.9. The fraction of sp³-hybridized carbons (Fsp3) is 0.529. The fourth-order valence-corrected chi connectivity index (χ4v) is 4.90. The van der Waals surface area contributed by atoms with Crippen molar-refractivity contribution in [2.45, 2.75) is 37.1 Å². The first-order valence-electron chi connectivity index (χ1n) is 8.57. The molecule has 1 aromatic heterocycles. The number of rotatable bonds is 6. The van der Waals surface area contributed by atoms with Crippen LogP contribution in [0, 0.1) is 6.92 Å². The van der Waals surface area contributed by atoms with E-state index in [1.807, 2.05) is 0 Å². The van der Waals surface area contributed by atoms with Crippen molar-refractivity contribution in [1.29, 1.82) is 0 Å². The molecular weight excluding hydrogens is 376 g/mol. The fourth-order valence-electron chi connectivity index (χ4n) is 3.23. The van der Waals surface area contributed by atoms with Gasteiger partial charge in [-0.05, 0) is 43.5 Å². The van der Waals surface area contributed by atoms with Crippen LogP contribution in [0.5, 0.6) is 0 Å². The minimum absolute atomic E-state index is 0.204. The van der Waals surface area contributed by atoms with Crippen molar-refractivity contribution in [2.75, 3.05) is 26.8 Å². The summed E-state index contributed by atoms with van der Waals surface area (Å²) in [6.07, 6.45) is 3.87. The van der Waals surface area contributed by atoms with Crippen LogP contribution in [-0.4, -0.2) is 54.3 Å². The van der Waals surface area contributed by atoms with E-state index in [0.29, 0.717) is 36.0 Å². The van der Waals surface area contributed by atoms with Gasteiger partial charge in [0.1, 0.15) is 12.2 Å². The molecule has 1 aromatic carbocycles. The second-order valence-electron chi connectivity index (χ2n) is 6.44. The molecule has 2 heterocycles. The monoisotopic (exact) mass is 398 g/mol. The number of methoxy groups -OCH3 is 1. The lowest BCUT2D eigenvalue weighted by molar-refractivity contribution is 0.197. The molecule has 0 saturated carbocycles. The van der Waals surface area contributed by atoms with Gasteiger partial charge in [-0.3, -0.25) is 0 Å². The summed E-state index contributed by atoms with van der Waals surface area (Å²) in [4.78, 5) is 0.294. The molecule has 0 aliphatic carbocycles. The predicted octanol–water partition coefficient (Wildman–Crippen LogP) is 2.45. The van der Waals surface area contributed by atoms with E-state index in [1.54, 1.807) is 42.9 Å². The Labute approximate surface area is 159 Å². The van der Waals surface area contributed by atoms with Gasteiger partial charge in [0.05, 0.1) is 11.5 Å². The Morgan fingerprint density at radius 1 is 1.31 bits per heavy atom. The van der Waals surface area contributed by atoms with E-state index in [9.17, 15) is 8.42 Å². The molecule has 0 atom stereocenters. The quantitative estimate of drug-likeness (QED) is 0.746. The first-order valence-corrected chi connectivity index (χ1v) is 10.4. The molecule has 1 aliphatic heterocycles. The number of hydrogen-bond acceptors (Lipinski definition) is 5. The van der Waals surface area contributed by atoms with Gasteiger partial charge in [0.15, 0.2) is 0 Å². The maximum absolute atomic E-state index is 12.9. The number of aromatic nitrogens is 3. The largest absolute Gasteiger partial charge is 0.384 e. The Morgan fingerprint density at radius 3 is 2.69 bits per heavy atom. The van der Waals surface area contributed by atoms with E-state index in [4.69, 9.17) is 16.3 Å². The molecule has 0 N–H and O–H groups in total. The maximum atomic E-state index is 12.9. The van der Waals surface area contributed by atoms with Crippen LogP contribution in [0.3, 0.4) is 0 Å². The van der Waals surface area contributed by atoms with Gasteiger partial charge in [-0.15, -0.1) is 10.2 Å². The molecule has 0 amide bonds. The average Bonchev–Trinajstić information content (AvgIpc) is 3.10. The number of hydrogen-bond donors (Lipinski definition) is 0. The third-order valence-corrected chi connectivity index (χ3v) is 7.08. The molecule has 3 rings (SSSR count). The minimum Gasteiger partial charge on any atom is -0.384 e. The topological polar surface area (TPSA) is 77.3 Å². The molecular formula is C17H23ClN4O3S. The van der Waals surface area contributed by atoms with E-state index < -0.39 is 10.0 Å². The molecule has 9 heteroatoms. The molecule has 7 nitrogen and oxygen atoms in total. The van der Waals surface area contributed by atoms with Crippen LogP contribution in [-0.2, 0) is 21.2 Å². The van der Waals surface area contributed by atoms with Gasteiger partial charge in [-0.1, -0.05) is 11.6 Å². The summed E-state index contributed by atoms with van der Waals surface area (Å²) in [5.41, 5.74) is 0.759. The Balaban J connectivity index is 1.70. The van der Waals surface area contributed by atoms with Crippen LogP contribution in [0.15, 0.2) is 29.4 Å². The first-order chi connectivity index (χ1) is 12.4. The summed E-state index contributed by atoms with van der Waals surface area (Å²) in [6.45, 7) is 3.33. The highest BCUT2D eigenvalue weighted by atomic mass is 35.5. The number of nitrogens with zero attached hydrogens (tertiary/aromatic N) is 4. The average molecular weight is 399 g/mol. The molecule has 142 valence electrons. The van der Waals surface area contributed by atoms with Crippen molar-refractivity contribution in [3.8, 4) is 0 Å². The van der Waals surface area contributed by atoms with E-state index >= 15 is 0 Å². The summed E-state index contributed by atoms with van der Waals surface area (Å²) in [5, 5.41) is 8.72. The van der Waals surface area contributed by atoms with Crippen LogP contribution in [0.4, 0.5) is 0 Å². The zero-order chi connectivity index (χ0) is 18.7. The zero-order valence-electron chi connectivity index (χ0n) is 14.9. The summed E-state index contributed by atoms with van der Waals surface area (Å²) < 4.78 is 34.5. The Hall–Kier alpha value is -1.48. The Bertz CT molecular complexity index is 861. The van der Waals surface area contributed by atoms with Gasteiger partial charge in [-0.25, -0.2) is 8.42 Å². The van der Waals surface area contributed by atoms with Crippen molar-refractivity contribution in [3.63, 3.8) is 0 Å². The highest BCUT2D eigenvalue weighted by molar-refractivity contribution is 7.89. The lowest BCUT2D eigenvalue weighted by Crippen LogP contribution is -2.39. The SMILES string of the molecule is COCCc1nncn1C1CCN(S(=O)(=O)c2ccc(Cl)c(C)c2)CC1. The van der Waals surface area contributed by atoms with Gasteiger partial charge in [0, 0.05) is 37.7 Å². The van der Waals surface area contributed by atoms with E-state index in [0.717, 1.165) is 24.2 Å². The Morgan fingerprint density at radius 2 is 2.04 bits per heavy atom. The van der Waals surface area contributed by atoms with Crippen LogP contribution in [0.2, 0.25) is 5.02 Å². The van der Waals surface area contributed by atoms with Gasteiger partial charge in [0.2, 0.25) is 10.0 Å². The van der Waals surface area contributed by atoms with Crippen molar-refractivity contribution in [2.24, 2.45) is 0 Å². The third kappa shape index (κ3) is 3.93. The summed E-state index contributed by atoms with van der Waals surface area (Å²) in [7, 11) is -1.85. The Kier molecular flexibility index (Phi) is 5.96. The predicted molar refractivity (Wildman–Crippen MR) is 98.8 cm³/mol. The van der Waals surface area contributed by atoms with Gasteiger partial charge in [-0.2, -0.15) is 4.31 Å². The van der Waals surface area contributed by atoms with Gasteiger partial charge >= 0.3 is 0 Å². The molecule has 26 heavy (non-hydrogen) atoms. The highest BCUT2D eigenvalue weighted by Crippen LogP contribution is 2.28. The number of ether oxygens (including phenoxy) is 1. The van der Waals surface area contributed by atoms with E-state index in [1.165, 1.54) is 0 Å². The van der Waals surface area contributed by atoms with Crippen molar-refractivity contribution >= 4 is 21.6 Å². The van der Waals surface area contributed by atoms with Gasteiger partial charge in [0.25, 0.3) is 0 Å². The van der Waals surface area contributed by atoms with Crippen molar-refractivity contribution in [1.82, 2.24) is 19.1 Å². The van der Waals surface area contributed by atoms with Crippen LogP contribution in [0.1, 0.15) is 30.3 Å². The van der Waals surface area contributed by atoms with Crippen LogP contribution >= 0.6 is 11.6 Å². The lowest BCUT2D eigenvalue weighted by atomic mass is 10.1. The number of halogens is 1. The summed E-state index contributed by atoms with van der Waals surface area (Å²) in [6, 6.07) is 5.04. The molecule has 0 spiro atoms. The molecule has 2 aromatic rings. The first kappa shape index (κ1) is 19.3. The second-order valence-corrected chi connectivity index (χ2v) is 8.79. The van der Waals surface area contributed by atoms with Crippen molar-refractivity contribution < 1.29 is 13.2 Å². The van der Waals surface area contributed by atoms with E-state index in [2.05, 4.69) is 14.8 Å². The molecule has 1 fully saturated rings. The number of sulfonamides is 1. The molecule has 0 radical (unpaired) electrons. The minimum atomic E-state index is -3.50. The number of aryl methyl sites for hydroxylation is 1. The lowest BCUT2D eigenvalue weighted by Gasteiger charge is -2.32. The highest BCUT2D eigenvalue weighted by Gasteiger charge is 2.31. The van der Waals surface area contributed by atoms with Crippen LogP contribution < -0.4 is 0 Å². The number of piperidine rings is 1. The smallest absolute Gasteiger partial charge is 0.243 e. The molecule has 0 unspecified atom stereocenters. The molecule has 1 saturated heterocycles. The van der Waals surface area contributed by atoms with Crippen LogP contribution in [0.25, 0.3) is 0 Å². The molecule has 1 aliphatic rings. The van der Waals surface area contributed by atoms with E-state index in [-0.39, 0.29) is 6.04 Å². The number of benzene rings is 1. The van der Waals surface area contributed by atoms with Gasteiger partial charge < -0.3 is 9.30 Å². The second kappa shape index (κ2) is 8.04.